The van der Waals surface area contributed by atoms with Crippen molar-refractivity contribution < 1.29 is 28.3 Å². The van der Waals surface area contributed by atoms with E-state index in [1.54, 1.807) is 11.8 Å². The first kappa shape index (κ1) is 18.1. The molecule has 0 bridgehead atoms. The number of hydrogen-bond donors (Lipinski definition) is 0. The van der Waals surface area contributed by atoms with E-state index < -0.39 is 11.6 Å². The third kappa shape index (κ3) is 4.18. The zero-order valence-electron chi connectivity index (χ0n) is 14.7. The quantitative estimate of drug-likeness (QED) is 0.778. The maximum absolute atomic E-state index is 12.2. The molecule has 0 saturated carbocycles. The Bertz CT molecular complexity index is 604. The summed E-state index contributed by atoms with van der Waals surface area (Å²) in [5, 5.41) is 3.74. The highest BCUT2D eigenvalue weighted by atomic mass is 16.6. The average molecular weight is 340 g/mol. The molecule has 1 fully saturated rings. The number of amides is 1. The van der Waals surface area contributed by atoms with Gasteiger partial charge in [0.2, 0.25) is 0 Å². The molecular weight excluding hydrogens is 316 g/mol. The van der Waals surface area contributed by atoms with Crippen LogP contribution >= 0.6 is 0 Å². The summed E-state index contributed by atoms with van der Waals surface area (Å²) < 4.78 is 20.6. The van der Waals surface area contributed by atoms with E-state index in [2.05, 4.69) is 9.89 Å². The van der Waals surface area contributed by atoms with E-state index >= 15 is 0 Å². The van der Waals surface area contributed by atoms with Crippen molar-refractivity contribution in [2.24, 2.45) is 0 Å². The van der Waals surface area contributed by atoms with Crippen molar-refractivity contribution in [2.45, 2.75) is 52.2 Å². The normalized spacial score (nSPS) is 17.7. The van der Waals surface area contributed by atoms with Crippen molar-refractivity contribution in [1.29, 1.82) is 0 Å². The summed E-state index contributed by atoms with van der Waals surface area (Å²) in [7, 11) is 1.27. The molecule has 8 heteroatoms. The Kier molecular flexibility index (Phi) is 5.36. The molecule has 24 heavy (non-hydrogen) atoms. The molecule has 0 aliphatic carbocycles. The highest BCUT2D eigenvalue weighted by Gasteiger charge is 2.33. The minimum Gasteiger partial charge on any atom is -0.473 e. The molecule has 1 saturated heterocycles. The van der Waals surface area contributed by atoms with Crippen molar-refractivity contribution >= 4 is 12.1 Å². The first-order valence-electron chi connectivity index (χ1n) is 7.90. The number of carbonyl (C=O) groups is 2. The van der Waals surface area contributed by atoms with Crippen LogP contribution in [0.1, 0.15) is 49.7 Å². The molecule has 0 N–H and O–H groups in total. The van der Waals surface area contributed by atoms with Crippen LogP contribution in [0.15, 0.2) is 4.52 Å². The van der Waals surface area contributed by atoms with Gasteiger partial charge in [-0.1, -0.05) is 0 Å². The Morgan fingerprint density at radius 3 is 2.71 bits per heavy atom. The fourth-order valence-corrected chi connectivity index (χ4v) is 2.48. The lowest BCUT2D eigenvalue weighted by molar-refractivity contribution is 0.0184. The molecule has 1 aliphatic rings. The van der Waals surface area contributed by atoms with Gasteiger partial charge in [0.1, 0.15) is 12.2 Å². The first-order chi connectivity index (χ1) is 11.2. The van der Waals surface area contributed by atoms with Crippen molar-refractivity contribution in [1.82, 2.24) is 10.1 Å². The second-order valence-electron chi connectivity index (χ2n) is 6.71. The minimum absolute atomic E-state index is 0.0166. The number of nitrogens with zero attached hydrogens (tertiary/aromatic N) is 2. The number of methoxy groups -OCH3 is 1. The lowest BCUT2D eigenvalue weighted by Crippen LogP contribution is -2.42. The minimum atomic E-state index is -0.605. The first-order valence-corrected chi connectivity index (χ1v) is 7.90. The van der Waals surface area contributed by atoms with Crippen LogP contribution in [0.4, 0.5) is 4.79 Å². The number of aromatic nitrogens is 1. The number of ether oxygens (including phenoxy) is 3. The smallest absolute Gasteiger partial charge is 0.410 e. The van der Waals surface area contributed by atoms with E-state index in [9.17, 15) is 9.59 Å². The maximum Gasteiger partial charge on any atom is 0.410 e. The molecule has 134 valence electrons. The van der Waals surface area contributed by atoms with Crippen molar-refractivity contribution in [3.8, 4) is 5.88 Å². The Morgan fingerprint density at radius 1 is 1.38 bits per heavy atom. The van der Waals surface area contributed by atoms with Crippen LogP contribution < -0.4 is 4.74 Å². The van der Waals surface area contributed by atoms with Crippen LogP contribution in [0.25, 0.3) is 0 Å². The zero-order valence-corrected chi connectivity index (χ0v) is 14.7. The van der Waals surface area contributed by atoms with Gasteiger partial charge in [0.05, 0.1) is 18.7 Å². The van der Waals surface area contributed by atoms with Gasteiger partial charge in [-0.25, -0.2) is 9.59 Å². The number of likely N-dealkylation sites (tertiary alicyclic amines) is 1. The molecule has 8 nitrogen and oxygen atoms in total. The summed E-state index contributed by atoms with van der Waals surface area (Å²) in [6.45, 7) is 8.05. The highest BCUT2D eigenvalue weighted by Crippen LogP contribution is 2.24. The van der Waals surface area contributed by atoms with Crippen LogP contribution in [0.3, 0.4) is 0 Å². The van der Waals surface area contributed by atoms with E-state index in [4.69, 9.17) is 14.0 Å². The summed E-state index contributed by atoms with van der Waals surface area (Å²) in [6, 6.07) is -0.0995. The van der Waals surface area contributed by atoms with Crippen LogP contribution in [-0.4, -0.2) is 54.0 Å². The second kappa shape index (κ2) is 7.11. The second-order valence-corrected chi connectivity index (χ2v) is 6.71. The van der Waals surface area contributed by atoms with E-state index in [1.807, 2.05) is 20.8 Å². The summed E-state index contributed by atoms with van der Waals surface area (Å²) in [5.41, 5.74) is -0.0629. The van der Waals surface area contributed by atoms with E-state index in [-0.39, 0.29) is 30.4 Å². The van der Waals surface area contributed by atoms with E-state index in [0.717, 1.165) is 12.8 Å². The van der Waals surface area contributed by atoms with Crippen LogP contribution in [0.2, 0.25) is 0 Å². The molecule has 0 radical (unpaired) electrons. The Morgan fingerprint density at radius 2 is 2.08 bits per heavy atom. The molecular formula is C16H24N2O6. The van der Waals surface area contributed by atoms with Gasteiger partial charge in [0.25, 0.3) is 11.6 Å². The van der Waals surface area contributed by atoms with Crippen LogP contribution in [-0.2, 0) is 9.47 Å². The SMILES string of the molecule is COC(=O)c1onc(OC[C@@H]2CCCN2C(=O)OC(C)(C)C)c1C. The third-order valence-corrected chi connectivity index (χ3v) is 3.67. The molecule has 1 aromatic heterocycles. The predicted octanol–water partition coefficient (Wildman–Crippen LogP) is 2.55. The molecule has 0 spiro atoms. The third-order valence-electron chi connectivity index (χ3n) is 3.67. The molecule has 1 atom stereocenters. The van der Waals surface area contributed by atoms with Crippen molar-refractivity contribution in [3.63, 3.8) is 0 Å². The van der Waals surface area contributed by atoms with Crippen molar-refractivity contribution in [2.75, 3.05) is 20.3 Å². The molecule has 1 aromatic rings. The number of esters is 1. The van der Waals surface area contributed by atoms with Gasteiger partial charge in [-0.15, -0.1) is 0 Å². The van der Waals surface area contributed by atoms with Gasteiger partial charge in [-0.05, 0) is 45.7 Å². The summed E-state index contributed by atoms with van der Waals surface area (Å²) in [4.78, 5) is 25.4. The van der Waals surface area contributed by atoms with Gasteiger partial charge in [-0.2, -0.15) is 0 Å². The fourth-order valence-electron chi connectivity index (χ4n) is 2.48. The monoisotopic (exact) mass is 340 g/mol. The molecule has 2 heterocycles. The fraction of sp³-hybridized carbons (Fsp3) is 0.688. The standard InChI is InChI=1S/C16H24N2O6/c1-10-12(14(19)21-5)24-17-13(10)22-9-11-7-6-8-18(11)15(20)23-16(2,3)4/h11H,6-9H2,1-5H3/t11-/m0/s1. The maximum atomic E-state index is 12.2. The average Bonchev–Trinajstić information content (AvgIpc) is 3.09. The van der Waals surface area contributed by atoms with Crippen LogP contribution in [0, 0.1) is 6.92 Å². The van der Waals surface area contributed by atoms with Gasteiger partial charge in [0, 0.05) is 6.54 Å². The van der Waals surface area contributed by atoms with Gasteiger partial charge in [-0.3, -0.25) is 0 Å². The van der Waals surface area contributed by atoms with Crippen molar-refractivity contribution in [3.05, 3.63) is 11.3 Å². The van der Waals surface area contributed by atoms with Gasteiger partial charge >= 0.3 is 12.1 Å². The lowest BCUT2D eigenvalue weighted by Gasteiger charge is -2.28. The summed E-state index contributed by atoms with van der Waals surface area (Å²) >= 11 is 0. The molecule has 1 amide bonds. The Balaban J connectivity index is 1.97. The molecule has 2 rings (SSSR count). The van der Waals surface area contributed by atoms with E-state index in [0.29, 0.717) is 12.1 Å². The summed E-state index contributed by atoms with van der Waals surface area (Å²) in [5.74, 6) is -0.361. The van der Waals surface area contributed by atoms with Crippen LogP contribution in [0.5, 0.6) is 5.88 Å². The highest BCUT2D eigenvalue weighted by molar-refractivity contribution is 5.88. The molecule has 0 unspecified atom stereocenters. The predicted molar refractivity (Wildman–Crippen MR) is 84.0 cm³/mol. The molecule has 0 aromatic carbocycles. The van der Waals surface area contributed by atoms with Gasteiger partial charge < -0.3 is 23.6 Å². The number of hydrogen-bond acceptors (Lipinski definition) is 7. The molecule has 1 aliphatic heterocycles. The number of rotatable bonds is 4. The number of carbonyl (C=O) groups excluding carboxylic acids is 2. The Hall–Kier alpha value is -2.25. The topological polar surface area (TPSA) is 91.1 Å². The Labute approximate surface area is 141 Å². The largest absolute Gasteiger partial charge is 0.473 e. The van der Waals surface area contributed by atoms with E-state index in [1.165, 1.54) is 7.11 Å². The zero-order chi connectivity index (χ0) is 17.9. The van der Waals surface area contributed by atoms with Gasteiger partial charge in [0.15, 0.2) is 0 Å². The summed E-state index contributed by atoms with van der Waals surface area (Å²) in [6.07, 6.45) is 1.36. The lowest BCUT2D eigenvalue weighted by atomic mass is 10.2.